The van der Waals surface area contributed by atoms with E-state index in [4.69, 9.17) is 0 Å². The molecule has 1 unspecified atom stereocenters. The lowest BCUT2D eigenvalue weighted by Crippen LogP contribution is -2.56. The number of hydrogen-bond acceptors (Lipinski definition) is 4. The molecule has 0 aliphatic carbocycles. The molecule has 0 aromatic carbocycles. The van der Waals surface area contributed by atoms with Gasteiger partial charge in [-0.05, 0) is 0 Å². The van der Waals surface area contributed by atoms with Crippen molar-refractivity contribution in [3.8, 4) is 0 Å². The number of nitrogens with zero attached hydrogens (tertiary/aromatic N) is 3. The number of nitrogens with one attached hydrogen (secondary N) is 2. The molecular weight excluding hydrogens is 218 g/mol. The minimum Gasteiger partial charge on any atom is -0.358 e. The quantitative estimate of drug-likeness (QED) is 0.703. The summed E-state index contributed by atoms with van der Waals surface area (Å²) in [4.78, 5) is 13.9. The van der Waals surface area contributed by atoms with E-state index in [-0.39, 0.29) is 11.9 Å². The van der Waals surface area contributed by atoms with Crippen molar-refractivity contribution in [3.05, 3.63) is 18.0 Å². The summed E-state index contributed by atoms with van der Waals surface area (Å²) in [6, 6.07) is -0.0889. The van der Waals surface area contributed by atoms with Crippen molar-refractivity contribution in [2.75, 3.05) is 26.7 Å². The second-order valence-corrected chi connectivity index (χ2v) is 4.33. The molecule has 1 aromatic heterocycles. The van der Waals surface area contributed by atoms with Gasteiger partial charge < -0.3 is 10.6 Å². The molecule has 1 saturated heterocycles. The normalized spacial score (nSPS) is 21.4. The molecule has 0 saturated carbocycles. The fraction of sp³-hybridized carbons (Fsp3) is 0.636. The Hall–Kier alpha value is -1.40. The second kappa shape index (κ2) is 5.29. The van der Waals surface area contributed by atoms with Gasteiger partial charge in [0.15, 0.2) is 0 Å². The molecule has 0 radical (unpaired) electrons. The van der Waals surface area contributed by atoms with Gasteiger partial charge in [0.05, 0.1) is 6.20 Å². The second-order valence-electron chi connectivity index (χ2n) is 4.33. The largest absolute Gasteiger partial charge is 0.358 e. The maximum atomic E-state index is 11.8. The van der Waals surface area contributed by atoms with Gasteiger partial charge in [-0.2, -0.15) is 5.10 Å². The monoisotopic (exact) mass is 237 g/mol. The van der Waals surface area contributed by atoms with Crippen LogP contribution in [0.5, 0.6) is 0 Å². The predicted molar refractivity (Wildman–Crippen MR) is 64.3 cm³/mol. The summed E-state index contributed by atoms with van der Waals surface area (Å²) >= 11 is 0. The third-order valence-electron chi connectivity index (χ3n) is 3.05. The lowest BCUT2D eigenvalue weighted by molar-refractivity contribution is -0.126. The van der Waals surface area contributed by atoms with E-state index in [9.17, 15) is 4.79 Å². The number of hydrogen-bond donors (Lipinski definition) is 2. The minimum absolute atomic E-state index is 0.0705. The summed E-state index contributed by atoms with van der Waals surface area (Å²) in [7, 11) is 3.58. The highest BCUT2D eigenvalue weighted by Gasteiger charge is 2.27. The molecular formula is C11H19N5O. The number of carbonyl (C=O) groups excluding carboxylic acids is 1. The Kier molecular flexibility index (Phi) is 3.75. The maximum absolute atomic E-state index is 11.8. The Morgan fingerprint density at radius 2 is 2.53 bits per heavy atom. The van der Waals surface area contributed by atoms with Crippen molar-refractivity contribution in [1.29, 1.82) is 0 Å². The third-order valence-corrected chi connectivity index (χ3v) is 3.05. The Bertz CT molecular complexity index is 389. The van der Waals surface area contributed by atoms with Crippen molar-refractivity contribution in [2.24, 2.45) is 7.05 Å². The summed E-state index contributed by atoms with van der Waals surface area (Å²) in [6.07, 6.45) is 3.84. The van der Waals surface area contributed by atoms with Gasteiger partial charge in [0.25, 0.3) is 0 Å². The summed E-state index contributed by atoms with van der Waals surface area (Å²) in [6.45, 7) is 3.29. The van der Waals surface area contributed by atoms with Crippen molar-refractivity contribution in [1.82, 2.24) is 25.3 Å². The van der Waals surface area contributed by atoms with Crippen LogP contribution in [0.1, 0.15) is 5.56 Å². The first-order chi connectivity index (χ1) is 8.20. The minimum atomic E-state index is -0.0889. The Labute approximate surface area is 101 Å². The van der Waals surface area contributed by atoms with Gasteiger partial charge in [0.1, 0.15) is 6.04 Å². The molecule has 6 heteroatoms. The highest BCUT2D eigenvalue weighted by Crippen LogP contribution is 2.09. The number of likely N-dealkylation sites (N-methyl/N-ethyl adjacent to an activating group) is 1. The molecule has 2 rings (SSSR count). The molecule has 2 N–H and O–H groups in total. The first-order valence-electron chi connectivity index (χ1n) is 5.84. The van der Waals surface area contributed by atoms with Gasteiger partial charge in [0.2, 0.25) is 5.91 Å². The zero-order valence-corrected chi connectivity index (χ0v) is 10.3. The zero-order valence-electron chi connectivity index (χ0n) is 10.3. The summed E-state index contributed by atoms with van der Waals surface area (Å²) < 4.78 is 1.78. The van der Waals surface area contributed by atoms with Crippen molar-refractivity contribution < 1.29 is 4.79 Å². The number of rotatable bonds is 3. The average molecular weight is 237 g/mol. The molecule has 1 atom stereocenters. The highest BCUT2D eigenvalue weighted by molar-refractivity contribution is 5.81. The van der Waals surface area contributed by atoms with Crippen molar-refractivity contribution >= 4 is 5.91 Å². The summed E-state index contributed by atoms with van der Waals surface area (Å²) in [5.74, 6) is 0.0705. The van der Waals surface area contributed by atoms with Gasteiger partial charge >= 0.3 is 0 Å². The van der Waals surface area contributed by atoms with Crippen LogP contribution in [-0.4, -0.2) is 53.3 Å². The first kappa shape index (κ1) is 12.1. The van der Waals surface area contributed by atoms with Crippen LogP contribution in [0.2, 0.25) is 0 Å². The van der Waals surface area contributed by atoms with Gasteiger partial charge in [0, 0.05) is 52.0 Å². The molecule has 1 aliphatic rings. The number of aromatic nitrogens is 2. The van der Waals surface area contributed by atoms with E-state index in [0.29, 0.717) is 6.54 Å². The van der Waals surface area contributed by atoms with Crippen LogP contribution < -0.4 is 10.6 Å². The molecule has 6 nitrogen and oxygen atoms in total. The van der Waals surface area contributed by atoms with Crippen molar-refractivity contribution in [3.63, 3.8) is 0 Å². The summed E-state index contributed by atoms with van der Waals surface area (Å²) in [5, 5.41) is 10.1. The SMILES string of the molecule is CNC(=O)C1CNCCN1Cc1cnn(C)c1. The van der Waals surface area contributed by atoms with E-state index in [1.54, 1.807) is 11.7 Å². The van der Waals surface area contributed by atoms with Gasteiger partial charge in [-0.25, -0.2) is 0 Å². The Morgan fingerprint density at radius 3 is 3.18 bits per heavy atom. The molecule has 1 aromatic rings. The highest BCUT2D eigenvalue weighted by atomic mass is 16.2. The van der Waals surface area contributed by atoms with Crippen LogP contribution in [0.4, 0.5) is 0 Å². The van der Waals surface area contributed by atoms with Gasteiger partial charge in [-0.1, -0.05) is 0 Å². The smallest absolute Gasteiger partial charge is 0.238 e. The topological polar surface area (TPSA) is 62.2 Å². The van der Waals surface area contributed by atoms with Crippen LogP contribution in [0.3, 0.4) is 0 Å². The van der Waals surface area contributed by atoms with Crippen LogP contribution in [0.15, 0.2) is 12.4 Å². The molecule has 94 valence electrons. The number of amides is 1. The fourth-order valence-corrected chi connectivity index (χ4v) is 2.15. The first-order valence-corrected chi connectivity index (χ1v) is 5.84. The van der Waals surface area contributed by atoms with Gasteiger partial charge in [-0.3, -0.25) is 14.4 Å². The number of piperazine rings is 1. The van der Waals surface area contributed by atoms with E-state index in [1.807, 2.05) is 19.4 Å². The Morgan fingerprint density at radius 1 is 1.71 bits per heavy atom. The molecule has 0 bridgehead atoms. The maximum Gasteiger partial charge on any atom is 0.238 e. The fourth-order valence-electron chi connectivity index (χ4n) is 2.15. The van der Waals surface area contributed by atoms with E-state index >= 15 is 0 Å². The Balaban J connectivity index is 2.03. The number of aryl methyl sites for hydroxylation is 1. The van der Waals surface area contributed by atoms with Crippen LogP contribution in [0, 0.1) is 0 Å². The van der Waals surface area contributed by atoms with E-state index in [0.717, 1.165) is 25.2 Å². The molecule has 1 amide bonds. The van der Waals surface area contributed by atoms with Crippen molar-refractivity contribution in [2.45, 2.75) is 12.6 Å². The average Bonchev–Trinajstić information content (AvgIpc) is 2.74. The predicted octanol–water partition coefficient (Wildman–Crippen LogP) is -1.06. The van der Waals surface area contributed by atoms with Crippen LogP contribution in [0.25, 0.3) is 0 Å². The molecule has 0 spiro atoms. The standard InChI is InChI=1S/C11H19N5O/c1-12-11(17)10-6-13-3-4-16(10)8-9-5-14-15(2)7-9/h5,7,10,13H,3-4,6,8H2,1-2H3,(H,12,17). The van der Waals surface area contributed by atoms with E-state index in [2.05, 4.69) is 20.6 Å². The third kappa shape index (κ3) is 2.83. The van der Waals surface area contributed by atoms with Gasteiger partial charge in [-0.15, -0.1) is 0 Å². The van der Waals surface area contributed by atoms with E-state index < -0.39 is 0 Å². The zero-order chi connectivity index (χ0) is 12.3. The lowest BCUT2D eigenvalue weighted by Gasteiger charge is -2.34. The van der Waals surface area contributed by atoms with Crippen LogP contribution in [-0.2, 0) is 18.4 Å². The number of carbonyl (C=O) groups is 1. The lowest BCUT2D eigenvalue weighted by atomic mass is 10.1. The molecule has 1 fully saturated rings. The van der Waals surface area contributed by atoms with Crippen LogP contribution >= 0.6 is 0 Å². The molecule has 2 heterocycles. The molecule has 1 aliphatic heterocycles. The molecule has 17 heavy (non-hydrogen) atoms. The van der Waals surface area contributed by atoms with E-state index in [1.165, 1.54) is 0 Å². The summed E-state index contributed by atoms with van der Waals surface area (Å²) in [5.41, 5.74) is 1.14.